The van der Waals surface area contributed by atoms with Gasteiger partial charge in [0.2, 0.25) is 6.29 Å². The molecule has 0 saturated carbocycles. The summed E-state index contributed by atoms with van der Waals surface area (Å²) in [6.45, 7) is -2.28. The lowest BCUT2D eigenvalue weighted by atomic mass is 9.98. The molecule has 10 N–H and O–H groups in total. The van der Waals surface area contributed by atoms with Crippen LogP contribution in [0.5, 0.6) is 5.75 Å². The molecular weight excluding hydrogens is 606 g/mol. The molecule has 4 rings (SSSR count). The highest BCUT2D eigenvalue weighted by molar-refractivity contribution is 8.00. The first-order chi connectivity index (χ1) is 20.4. The summed E-state index contributed by atoms with van der Waals surface area (Å²) in [6.07, 6.45) is -21.1. The highest BCUT2D eigenvalue weighted by atomic mass is 32.2. The second kappa shape index (κ2) is 14.5. The first kappa shape index (κ1) is 34.1. The third kappa shape index (κ3) is 7.21. The SMILES string of the molecule is O=[N+]([O-])c1ccc(O[C@@H]2O[C@@H](CO)[C@H](O)[C@H](O[C@@H]3O[C@H](CO)[C@@H](O)[C@H](S[C@@H]4O[C@H](CO)[C@@H](O)[C@H](O)[C@H]4O)[C@H]3O)[C@@H]2O)cc1. The number of nitro benzene ring substituents is 1. The van der Waals surface area contributed by atoms with Gasteiger partial charge in [0.1, 0.15) is 72.2 Å². The smallest absolute Gasteiger partial charge is 0.269 e. The van der Waals surface area contributed by atoms with Crippen LogP contribution in [0.1, 0.15) is 0 Å². The van der Waals surface area contributed by atoms with Gasteiger partial charge in [-0.25, -0.2) is 0 Å². The molecule has 0 aliphatic carbocycles. The summed E-state index contributed by atoms with van der Waals surface area (Å²) in [5, 5.41) is 113. The van der Waals surface area contributed by atoms with Gasteiger partial charge in [-0.3, -0.25) is 10.1 Å². The summed E-state index contributed by atoms with van der Waals surface area (Å²) in [5.41, 5.74) is -1.62. The second-order valence-corrected chi connectivity index (χ2v) is 11.5. The molecule has 3 aliphatic heterocycles. The largest absolute Gasteiger partial charge is 0.462 e. The molecule has 43 heavy (non-hydrogen) atoms. The number of benzene rings is 1. The Morgan fingerprint density at radius 1 is 0.698 bits per heavy atom. The van der Waals surface area contributed by atoms with E-state index < -0.39 is 115 Å². The molecule has 15 atom stereocenters. The number of non-ortho nitro benzene ring substituents is 1. The van der Waals surface area contributed by atoms with Crippen LogP contribution in [-0.2, 0) is 18.9 Å². The minimum absolute atomic E-state index is 0.0230. The van der Waals surface area contributed by atoms with Gasteiger partial charge in [0, 0.05) is 12.1 Å². The monoisotopic (exact) mass is 641 g/mol. The van der Waals surface area contributed by atoms with Gasteiger partial charge in [-0.05, 0) is 12.1 Å². The number of ether oxygens (including phenoxy) is 5. The zero-order valence-corrected chi connectivity index (χ0v) is 23.1. The van der Waals surface area contributed by atoms with Crippen molar-refractivity contribution in [3.63, 3.8) is 0 Å². The van der Waals surface area contributed by atoms with Crippen molar-refractivity contribution in [3.8, 4) is 5.75 Å². The second-order valence-electron chi connectivity index (χ2n) is 10.2. The third-order valence-corrected chi connectivity index (χ3v) is 8.90. The minimum atomic E-state index is -1.81. The summed E-state index contributed by atoms with van der Waals surface area (Å²) in [5.74, 6) is 0.0230. The van der Waals surface area contributed by atoms with E-state index in [2.05, 4.69) is 0 Å². The van der Waals surface area contributed by atoms with E-state index in [-0.39, 0.29) is 11.4 Å². The predicted octanol–water partition coefficient (Wildman–Crippen LogP) is -4.86. The van der Waals surface area contributed by atoms with Crippen LogP contribution in [0.25, 0.3) is 0 Å². The summed E-state index contributed by atoms with van der Waals surface area (Å²) in [6, 6.07) is 4.73. The standard InChI is InChI=1S/C24H35NO17S/c26-5-10-13(29)16(32)17(33)24(41-10)43-21-15(31)12(7-28)40-23(19(21)35)42-20-14(30)11(6-27)39-22(18(20)34)38-9-3-1-8(2-4-9)25(36)37/h1-4,10-24,26-35H,5-7H2/t10-,11+,12-,13-,14+,15-,16+,17-,18+,19-,20+,21+,22-,23+,24+/m1/s1. The van der Waals surface area contributed by atoms with E-state index in [0.29, 0.717) is 11.8 Å². The number of hydrogen-bond acceptors (Lipinski definition) is 18. The van der Waals surface area contributed by atoms with E-state index in [4.69, 9.17) is 23.7 Å². The van der Waals surface area contributed by atoms with Crippen LogP contribution in [0, 0.1) is 10.1 Å². The maximum absolute atomic E-state index is 11.1. The Bertz CT molecular complexity index is 1050. The third-order valence-electron chi connectivity index (χ3n) is 7.37. The topological polar surface area (TPSA) is 292 Å². The summed E-state index contributed by atoms with van der Waals surface area (Å²) >= 11 is 0.600. The zero-order chi connectivity index (χ0) is 31.6. The van der Waals surface area contributed by atoms with Crippen LogP contribution in [0.4, 0.5) is 5.69 Å². The number of hydrogen-bond donors (Lipinski definition) is 10. The molecule has 0 unspecified atom stereocenters. The summed E-state index contributed by atoms with van der Waals surface area (Å²) < 4.78 is 27.7. The van der Waals surface area contributed by atoms with E-state index >= 15 is 0 Å². The average Bonchev–Trinajstić information content (AvgIpc) is 2.99. The Labute approximate surface area is 247 Å². The minimum Gasteiger partial charge on any atom is -0.462 e. The number of thioether (sulfide) groups is 1. The van der Waals surface area contributed by atoms with Gasteiger partial charge in [-0.2, -0.15) is 0 Å². The van der Waals surface area contributed by atoms with Gasteiger partial charge < -0.3 is 74.7 Å². The van der Waals surface area contributed by atoms with Gasteiger partial charge in [-0.1, -0.05) is 0 Å². The summed E-state index contributed by atoms with van der Waals surface area (Å²) in [4.78, 5) is 10.3. The number of nitrogens with zero attached hydrogens (tertiary/aromatic N) is 1. The Morgan fingerprint density at radius 2 is 1.26 bits per heavy atom. The first-order valence-electron chi connectivity index (χ1n) is 13.2. The molecule has 1 aromatic carbocycles. The number of rotatable bonds is 10. The van der Waals surface area contributed by atoms with Gasteiger partial charge in [-0.15, -0.1) is 11.8 Å². The van der Waals surface area contributed by atoms with Crippen molar-refractivity contribution in [2.45, 2.75) is 90.4 Å². The molecule has 19 heteroatoms. The van der Waals surface area contributed by atoms with Crippen LogP contribution in [0.15, 0.2) is 24.3 Å². The van der Waals surface area contributed by atoms with Crippen LogP contribution in [0.2, 0.25) is 0 Å². The van der Waals surface area contributed by atoms with Crippen LogP contribution < -0.4 is 4.74 Å². The fraction of sp³-hybridized carbons (Fsp3) is 0.750. The number of nitro groups is 1. The highest BCUT2D eigenvalue weighted by Gasteiger charge is 2.53. The molecule has 244 valence electrons. The van der Waals surface area contributed by atoms with Crippen molar-refractivity contribution < 1.29 is 79.7 Å². The maximum Gasteiger partial charge on any atom is 0.269 e. The van der Waals surface area contributed by atoms with Crippen LogP contribution >= 0.6 is 11.8 Å². The Balaban J connectivity index is 1.52. The van der Waals surface area contributed by atoms with E-state index in [0.717, 1.165) is 12.1 Å². The molecule has 1 aromatic rings. The van der Waals surface area contributed by atoms with Crippen LogP contribution in [-0.4, -0.2) is 166 Å². The molecule has 0 aromatic heterocycles. The van der Waals surface area contributed by atoms with E-state index in [9.17, 15) is 61.2 Å². The quantitative estimate of drug-likeness (QED) is 0.0846. The van der Waals surface area contributed by atoms with Gasteiger partial charge >= 0.3 is 0 Å². The van der Waals surface area contributed by atoms with Crippen LogP contribution in [0.3, 0.4) is 0 Å². The lowest BCUT2D eigenvalue weighted by Crippen LogP contribution is -2.65. The van der Waals surface area contributed by atoms with Crippen molar-refractivity contribution in [2.75, 3.05) is 19.8 Å². The Kier molecular flexibility index (Phi) is 11.5. The van der Waals surface area contributed by atoms with E-state index in [1.165, 1.54) is 12.1 Å². The molecular formula is C24H35NO17S. The molecule has 3 saturated heterocycles. The van der Waals surface area contributed by atoms with Gasteiger partial charge in [0.05, 0.1) is 36.1 Å². The lowest BCUT2D eigenvalue weighted by molar-refractivity contribution is -0.384. The van der Waals surface area contributed by atoms with Gasteiger partial charge in [0.25, 0.3) is 5.69 Å². The molecule has 0 spiro atoms. The maximum atomic E-state index is 11.1. The van der Waals surface area contributed by atoms with E-state index in [1.807, 2.05) is 0 Å². The molecule has 3 fully saturated rings. The van der Waals surface area contributed by atoms with Crippen molar-refractivity contribution in [2.24, 2.45) is 0 Å². The summed E-state index contributed by atoms with van der Waals surface area (Å²) in [7, 11) is 0. The predicted molar refractivity (Wildman–Crippen MR) is 139 cm³/mol. The van der Waals surface area contributed by atoms with Gasteiger partial charge in [0.15, 0.2) is 6.29 Å². The average molecular weight is 642 g/mol. The highest BCUT2D eigenvalue weighted by Crippen LogP contribution is 2.39. The molecule has 3 aliphatic rings. The van der Waals surface area contributed by atoms with Crippen molar-refractivity contribution in [3.05, 3.63) is 34.4 Å². The molecule has 0 radical (unpaired) electrons. The normalized spacial score (nSPS) is 43.7. The van der Waals surface area contributed by atoms with Crippen molar-refractivity contribution in [1.29, 1.82) is 0 Å². The number of aliphatic hydroxyl groups is 10. The number of aliphatic hydroxyl groups excluding tert-OH is 10. The first-order valence-corrected chi connectivity index (χ1v) is 14.1. The molecule has 0 bridgehead atoms. The van der Waals surface area contributed by atoms with E-state index in [1.54, 1.807) is 0 Å². The molecule has 18 nitrogen and oxygen atoms in total. The molecule has 3 heterocycles. The fourth-order valence-electron chi connectivity index (χ4n) is 4.91. The zero-order valence-electron chi connectivity index (χ0n) is 22.3. The van der Waals surface area contributed by atoms with Crippen molar-refractivity contribution >= 4 is 17.4 Å². The fourth-order valence-corrected chi connectivity index (χ4v) is 6.37. The lowest BCUT2D eigenvalue weighted by Gasteiger charge is -2.48. The Morgan fingerprint density at radius 3 is 1.84 bits per heavy atom. The molecule has 0 amide bonds. The Hall–Kier alpha value is -1.79. The van der Waals surface area contributed by atoms with Crippen molar-refractivity contribution in [1.82, 2.24) is 0 Å².